The minimum absolute atomic E-state index is 0.0527. The van der Waals surface area contributed by atoms with E-state index in [1.165, 1.54) is 12.4 Å². The summed E-state index contributed by atoms with van der Waals surface area (Å²) in [4.78, 5) is 15.5. The number of halogens is 1. The van der Waals surface area contributed by atoms with Crippen molar-refractivity contribution in [2.45, 2.75) is 26.4 Å². The molecule has 7 heteroatoms. The number of pyridine rings is 1. The van der Waals surface area contributed by atoms with Gasteiger partial charge < -0.3 is 4.74 Å². The fraction of sp³-hybridized carbons (Fsp3) is 0.308. The summed E-state index contributed by atoms with van der Waals surface area (Å²) >= 11 is 0. The first kappa shape index (κ1) is 14.0. The highest BCUT2D eigenvalue weighted by molar-refractivity contribution is 5.84. The first-order valence-corrected chi connectivity index (χ1v) is 6.01. The van der Waals surface area contributed by atoms with Crippen molar-refractivity contribution >= 4 is 11.8 Å². The van der Waals surface area contributed by atoms with Crippen molar-refractivity contribution in [3.63, 3.8) is 0 Å². The van der Waals surface area contributed by atoms with Gasteiger partial charge in [0.25, 0.3) is 0 Å². The zero-order valence-electron chi connectivity index (χ0n) is 11.4. The van der Waals surface area contributed by atoms with E-state index in [0.717, 1.165) is 4.68 Å². The maximum absolute atomic E-state index is 14.1. The Morgan fingerprint density at radius 2 is 2.15 bits per heavy atom. The molecule has 106 valence electrons. The van der Waals surface area contributed by atoms with Gasteiger partial charge in [-0.05, 0) is 32.9 Å². The van der Waals surface area contributed by atoms with Crippen molar-refractivity contribution in [3.05, 3.63) is 36.7 Å². The number of amides is 1. The van der Waals surface area contributed by atoms with E-state index < -0.39 is 17.6 Å². The number of nitrogens with zero attached hydrogens (tertiary/aromatic N) is 3. The van der Waals surface area contributed by atoms with Gasteiger partial charge in [-0.15, -0.1) is 0 Å². The second kappa shape index (κ2) is 5.28. The standard InChI is InChI=1S/C13H15FN4O2/c1-13(2,3)20-12(19)17-10-8-16-18(11(10)14)9-5-4-6-15-7-9/h4-8H,1-3H3,(H,17,19). The van der Waals surface area contributed by atoms with Gasteiger partial charge in [-0.2, -0.15) is 9.49 Å². The van der Waals surface area contributed by atoms with E-state index in [9.17, 15) is 9.18 Å². The molecule has 0 unspecified atom stereocenters. The van der Waals surface area contributed by atoms with Gasteiger partial charge in [0.2, 0.25) is 5.95 Å². The monoisotopic (exact) mass is 278 g/mol. The molecule has 0 bridgehead atoms. The molecule has 2 heterocycles. The molecule has 0 aliphatic rings. The van der Waals surface area contributed by atoms with Crippen LogP contribution in [0.5, 0.6) is 0 Å². The normalized spacial score (nSPS) is 11.2. The van der Waals surface area contributed by atoms with Crippen LogP contribution in [0, 0.1) is 5.95 Å². The number of ether oxygens (including phenoxy) is 1. The van der Waals surface area contributed by atoms with Crippen molar-refractivity contribution in [3.8, 4) is 5.69 Å². The summed E-state index contributed by atoms with van der Waals surface area (Å²) in [6.45, 7) is 5.17. The van der Waals surface area contributed by atoms with Gasteiger partial charge in [0.15, 0.2) is 0 Å². The first-order chi connectivity index (χ1) is 9.37. The lowest BCUT2D eigenvalue weighted by molar-refractivity contribution is 0.0635. The van der Waals surface area contributed by atoms with E-state index >= 15 is 0 Å². The molecule has 1 N–H and O–H groups in total. The smallest absolute Gasteiger partial charge is 0.412 e. The highest BCUT2D eigenvalue weighted by Crippen LogP contribution is 2.18. The molecule has 2 rings (SSSR count). The largest absolute Gasteiger partial charge is 0.444 e. The number of hydrogen-bond donors (Lipinski definition) is 1. The Bertz CT molecular complexity index is 605. The molecule has 0 aromatic carbocycles. The average Bonchev–Trinajstić information content (AvgIpc) is 2.70. The van der Waals surface area contributed by atoms with Gasteiger partial charge in [-0.3, -0.25) is 10.3 Å². The molecule has 0 radical (unpaired) electrons. The van der Waals surface area contributed by atoms with E-state index in [2.05, 4.69) is 15.4 Å². The Morgan fingerprint density at radius 1 is 1.40 bits per heavy atom. The number of hydrogen-bond acceptors (Lipinski definition) is 4. The first-order valence-electron chi connectivity index (χ1n) is 6.01. The summed E-state index contributed by atoms with van der Waals surface area (Å²) in [5.74, 6) is -0.691. The lowest BCUT2D eigenvalue weighted by Gasteiger charge is -2.19. The number of aromatic nitrogens is 3. The minimum atomic E-state index is -0.734. The highest BCUT2D eigenvalue weighted by Gasteiger charge is 2.19. The third-order valence-electron chi connectivity index (χ3n) is 2.24. The number of carbonyl (C=O) groups is 1. The molecule has 0 saturated carbocycles. The number of anilines is 1. The Morgan fingerprint density at radius 3 is 2.75 bits per heavy atom. The molecule has 0 aliphatic heterocycles. The molecular weight excluding hydrogens is 263 g/mol. The van der Waals surface area contributed by atoms with E-state index in [0.29, 0.717) is 5.69 Å². The van der Waals surface area contributed by atoms with Crippen LogP contribution < -0.4 is 5.32 Å². The molecule has 2 aromatic heterocycles. The Hall–Kier alpha value is -2.44. The number of nitrogens with one attached hydrogen (secondary N) is 1. The fourth-order valence-corrected chi connectivity index (χ4v) is 1.49. The van der Waals surface area contributed by atoms with E-state index in [-0.39, 0.29) is 5.69 Å². The lowest BCUT2D eigenvalue weighted by atomic mass is 10.2. The summed E-state index contributed by atoms with van der Waals surface area (Å²) in [7, 11) is 0. The molecule has 0 atom stereocenters. The van der Waals surface area contributed by atoms with Crippen LogP contribution in [0.1, 0.15) is 20.8 Å². The quantitative estimate of drug-likeness (QED) is 0.917. The highest BCUT2D eigenvalue weighted by atomic mass is 19.1. The van der Waals surface area contributed by atoms with Crippen molar-refractivity contribution in [2.24, 2.45) is 0 Å². The summed E-state index contributed by atoms with van der Waals surface area (Å²) in [6, 6.07) is 3.32. The third kappa shape index (κ3) is 3.31. The average molecular weight is 278 g/mol. The van der Waals surface area contributed by atoms with E-state index in [1.807, 2.05) is 0 Å². The molecule has 0 saturated heterocycles. The van der Waals surface area contributed by atoms with Crippen LogP contribution in [0.15, 0.2) is 30.7 Å². The molecule has 1 amide bonds. The van der Waals surface area contributed by atoms with Crippen molar-refractivity contribution < 1.29 is 13.9 Å². The summed E-state index contributed by atoms with van der Waals surface area (Å²) in [5, 5.41) is 6.18. The van der Waals surface area contributed by atoms with E-state index in [1.54, 1.807) is 39.1 Å². The third-order valence-corrected chi connectivity index (χ3v) is 2.24. The van der Waals surface area contributed by atoms with E-state index in [4.69, 9.17) is 4.74 Å². The molecule has 20 heavy (non-hydrogen) atoms. The predicted octanol–water partition coefficient (Wildman–Crippen LogP) is 2.75. The lowest BCUT2D eigenvalue weighted by Crippen LogP contribution is -2.27. The second-order valence-corrected chi connectivity index (χ2v) is 5.10. The van der Waals surface area contributed by atoms with Crippen molar-refractivity contribution in [1.29, 1.82) is 0 Å². The zero-order valence-corrected chi connectivity index (χ0v) is 11.4. The van der Waals surface area contributed by atoms with Crippen LogP contribution in [-0.2, 0) is 4.74 Å². The van der Waals surface area contributed by atoms with Crippen LogP contribution in [-0.4, -0.2) is 26.5 Å². The molecule has 0 spiro atoms. The maximum Gasteiger partial charge on any atom is 0.412 e. The summed E-state index contributed by atoms with van der Waals surface area (Å²) in [5.41, 5.74) is -0.245. The molecule has 0 fully saturated rings. The predicted molar refractivity (Wildman–Crippen MR) is 71.2 cm³/mol. The molecule has 6 nitrogen and oxygen atoms in total. The topological polar surface area (TPSA) is 69.0 Å². The van der Waals surface area contributed by atoms with Crippen LogP contribution in [0.25, 0.3) is 5.69 Å². The van der Waals surface area contributed by atoms with Crippen LogP contribution in [0.4, 0.5) is 14.9 Å². The minimum Gasteiger partial charge on any atom is -0.444 e. The van der Waals surface area contributed by atoms with Gasteiger partial charge in [-0.25, -0.2) is 9.48 Å². The molecular formula is C13H15FN4O2. The molecule has 2 aromatic rings. The van der Waals surface area contributed by atoms with Crippen LogP contribution in [0.2, 0.25) is 0 Å². The molecule has 0 aliphatic carbocycles. The SMILES string of the molecule is CC(C)(C)OC(=O)Nc1cnn(-c2cccnc2)c1F. The van der Waals surface area contributed by atoms with Gasteiger partial charge in [-0.1, -0.05) is 0 Å². The summed E-state index contributed by atoms with van der Waals surface area (Å²) in [6.07, 6.45) is 3.52. The Balaban J connectivity index is 2.16. The Labute approximate surface area is 115 Å². The van der Waals surface area contributed by atoms with Crippen LogP contribution in [0.3, 0.4) is 0 Å². The Kier molecular flexibility index (Phi) is 3.69. The van der Waals surface area contributed by atoms with Crippen molar-refractivity contribution in [2.75, 3.05) is 5.32 Å². The van der Waals surface area contributed by atoms with Gasteiger partial charge >= 0.3 is 6.09 Å². The fourth-order valence-electron chi connectivity index (χ4n) is 1.49. The maximum atomic E-state index is 14.1. The van der Waals surface area contributed by atoms with Gasteiger partial charge in [0, 0.05) is 6.20 Å². The van der Waals surface area contributed by atoms with Crippen molar-refractivity contribution in [1.82, 2.24) is 14.8 Å². The number of carbonyl (C=O) groups excluding carboxylic acids is 1. The number of rotatable bonds is 2. The van der Waals surface area contributed by atoms with Crippen LogP contribution >= 0.6 is 0 Å². The second-order valence-electron chi connectivity index (χ2n) is 5.10. The summed E-state index contributed by atoms with van der Waals surface area (Å²) < 4.78 is 20.2. The van der Waals surface area contributed by atoms with Gasteiger partial charge in [0.1, 0.15) is 11.3 Å². The van der Waals surface area contributed by atoms with Gasteiger partial charge in [0.05, 0.1) is 18.1 Å². The zero-order chi connectivity index (χ0) is 14.8.